The summed E-state index contributed by atoms with van der Waals surface area (Å²) in [5.41, 5.74) is 2.94. The van der Waals surface area contributed by atoms with Gasteiger partial charge in [-0.3, -0.25) is 19.9 Å². The Balaban J connectivity index is 1.69. The van der Waals surface area contributed by atoms with Crippen LogP contribution >= 0.6 is 0 Å². The van der Waals surface area contributed by atoms with Gasteiger partial charge in [0.25, 0.3) is 5.91 Å². The Labute approximate surface area is 143 Å². The fraction of sp³-hybridized carbons (Fsp3) is 0.111. The first-order chi connectivity index (χ1) is 12.0. The molecule has 0 aliphatic heterocycles. The van der Waals surface area contributed by atoms with Gasteiger partial charge in [-0.05, 0) is 35.7 Å². The van der Waals surface area contributed by atoms with Crippen LogP contribution < -0.4 is 5.32 Å². The van der Waals surface area contributed by atoms with Crippen LogP contribution in [0.1, 0.15) is 29.1 Å². The lowest BCUT2D eigenvalue weighted by Crippen LogP contribution is -2.26. The summed E-state index contributed by atoms with van der Waals surface area (Å²) < 4.78 is 4.90. The van der Waals surface area contributed by atoms with E-state index in [9.17, 15) is 14.9 Å². The van der Waals surface area contributed by atoms with E-state index in [4.69, 9.17) is 4.42 Å². The highest BCUT2D eigenvalue weighted by Crippen LogP contribution is 2.22. The van der Waals surface area contributed by atoms with E-state index in [2.05, 4.69) is 10.3 Å². The first kappa shape index (κ1) is 16.4. The van der Waals surface area contributed by atoms with Crippen LogP contribution in [0.4, 0.5) is 5.88 Å². The third kappa shape index (κ3) is 3.72. The minimum atomic E-state index is -0.683. The summed E-state index contributed by atoms with van der Waals surface area (Å²) in [6.45, 7) is 1.83. The molecule has 3 aromatic rings. The Hall–Kier alpha value is -3.48. The topological polar surface area (TPSA) is 98.3 Å². The lowest BCUT2D eigenvalue weighted by molar-refractivity contribution is -0.402. The lowest BCUT2D eigenvalue weighted by atomic mass is 10.0. The number of furan rings is 1. The summed E-state index contributed by atoms with van der Waals surface area (Å²) >= 11 is 0. The zero-order valence-electron chi connectivity index (χ0n) is 13.4. The number of nitrogens with one attached hydrogen (secondary N) is 1. The van der Waals surface area contributed by atoms with E-state index < -0.39 is 16.7 Å². The molecule has 126 valence electrons. The highest BCUT2D eigenvalue weighted by molar-refractivity contribution is 5.92. The van der Waals surface area contributed by atoms with E-state index in [1.54, 1.807) is 12.4 Å². The van der Waals surface area contributed by atoms with Gasteiger partial charge < -0.3 is 9.73 Å². The number of pyridine rings is 1. The molecule has 3 rings (SSSR count). The third-order valence-corrected chi connectivity index (χ3v) is 3.75. The second-order valence-corrected chi connectivity index (χ2v) is 5.45. The van der Waals surface area contributed by atoms with Crippen LogP contribution in [-0.4, -0.2) is 15.8 Å². The number of hydrogen-bond acceptors (Lipinski definition) is 5. The number of benzene rings is 1. The van der Waals surface area contributed by atoms with Crippen molar-refractivity contribution in [1.82, 2.24) is 10.3 Å². The molecule has 2 heterocycles. The molecule has 2 aromatic heterocycles. The monoisotopic (exact) mass is 337 g/mol. The van der Waals surface area contributed by atoms with Gasteiger partial charge in [0.2, 0.25) is 0 Å². The molecule has 1 aromatic carbocycles. The predicted octanol–water partition coefficient (Wildman–Crippen LogP) is 3.74. The maximum absolute atomic E-state index is 12.1. The Kier molecular flexibility index (Phi) is 4.56. The first-order valence-corrected chi connectivity index (χ1v) is 7.60. The van der Waals surface area contributed by atoms with Crippen molar-refractivity contribution in [2.75, 3.05) is 0 Å². The zero-order chi connectivity index (χ0) is 17.8. The van der Waals surface area contributed by atoms with Crippen molar-refractivity contribution in [2.45, 2.75) is 13.0 Å². The van der Waals surface area contributed by atoms with Gasteiger partial charge in [0.15, 0.2) is 5.76 Å². The molecule has 0 spiro atoms. The van der Waals surface area contributed by atoms with Crippen LogP contribution in [0.2, 0.25) is 0 Å². The Bertz CT molecular complexity index is 888. The largest absolute Gasteiger partial charge is 0.433 e. The number of amides is 1. The number of carbonyl (C=O) groups is 1. The number of rotatable bonds is 5. The average molecular weight is 337 g/mol. The summed E-state index contributed by atoms with van der Waals surface area (Å²) in [4.78, 5) is 26.1. The fourth-order valence-corrected chi connectivity index (χ4v) is 2.40. The van der Waals surface area contributed by atoms with Crippen LogP contribution in [0.3, 0.4) is 0 Å². The van der Waals surface area contributed by atoms with Gasteiger partial charge >= 0.3 is 5.88 Å². The summed E-state index contributed by atoms with van der Waals surface area (Å²) in [6.07, 6.45) is 3.50. The van der Waals surface area contributed by atoms with Crippen molar-refractivity contribution >= 4 is 11.8 Å². The molecule has 0 aliphatic carbocycles. The van der Waals surface area contributed by atoms with Gasteiger partial charge in [-0.25, -0.2) is 0 Å². The van der Waals surface area contributed by atoms with Gasteiger partial charge in [-0.15, -0.1) is 0 Å². The van der Waals surface area contributed by atoms with Crippen molar-refractivity contribution in [3.63, 3.8) is 0 Å². The average Bonchev–Trinajstić information content (AvgIpc) is 3.13. The van der Waals surface area contributed by atoms with Crippen molar-refractivity contribution in [2.24, 2.45) is 0 Å². The minimum Gasteiger partial charge on any atom is -0.395 e. The van der Waals surface area contributed by atoms with Gasteiger partial charge in [0.1, 0.15) is 4.92 Å². The van der Waals surface area contributed by atoms with Gasteiger partial charge in [0.05, 0.1) is 12.1 Å². The number of hydrogen-bond donors (Lipinski definition) is 1. The maximum Gasteiger partial charge on any atom is 0.433 e. The van der Waals surface area contributed by atoms with Crippen molar-refractivity contribution in [1.29, 1.82) is 0 Å². The molecule has 7 nitrogen and oxygen atoms in total. The molecule has 1 amide bonds. The molecule has 25 heavy (non-hydrogen) atoms. The molecule has 0 saturated heterocycles. The molecule has 0 saturated carbocycles. The lowest BCUT2D eigenvalue weighted by Gasteiger charge is -2.14. The smallest absolute Gasteiger partial charge is 0.395 e. The molecule has 0 unspecified atom stereocenters. The molecule has 0 fully saturated rings. The molecule has 7 heteroatoms. The summed E-state index contributed by atoms with van der Waals surface area (Å²) in [6, 6.07) is 13.7. The Morgan fingerprint density at radius 3 is 2.52 bits per heavy atom. The van der Waals surface area contributed by atoms with Crippen molar-refractivity contribution in [3.8, 4) is 11.1 Å². The van der Waals surface area contributed by atoms with Crippen molar-refractivity contribution < 1.29 is 14.1 Å². The number of nitro groups is 1. The third-order valence-electron chi connectivity index (χ3n) is 3.75. The minimum absolute atomic E-state index is 0.0921. The standard InChI is InChI=1S/C18H15N3O4/c1-12(20-18(22)16-8-9-17(25-16)21(23)24)13-4-6-14(7-5-13)15-3-2-10-19-11-15/h2-12H,1H3,(H,20,22)/t12-/m1/s1. The number of aromatic nitrogens is 1. The van der Waals surface area contributed by atoms with E-state index in [1.807, 2.05) is 43.3 Å². The van der Waals surface area contributed by atoms with Gasteiger partial charge in [0, 0.05) is 12.4 Å². The second-order valence-electron chi connectivity index (χ2n) is 5.45. The highest BCUT2D eigenvalue weighted by atomic mass is 16.6. The molecule has 0 aliphatic rings. The number of carbonyl (C=O) groups excluding carboxylic acids is 1. The Morgan fingerprint density at radius 2 is 1.92 bits per heavy atom. The van der Waals surface area contributed by atoms with Gasteiger partial charge in [-0.1, -0.05) is 30.3 Å². The van der Waals surface area contributed by atoms with Crippen LogP contribution in [0.25, 0.3) is 11.1 Å². The number of nitrogens with zero attached hydrogens (tertiary/aromatic N) is 2. The maximum atomic E-state index is 12.1. The van der Waals surface area contributed by atoms with Gasteiger partial charge in [-0.2, -0.15) is 0 Å². The van der Waals surface area contributed by atoms with E-state index >= 15 is 0 Å². The van der Waals surface area contributed by atoms with E-state index in [-0.39, 0.29) is 11.8 Å². The molecule has 1 N–H and O–H groups in total. The van der Waals surface area contributed by atoms with Crippen LogP contribution in [0.15, 0.2) is 65.3 Å². The fourth-order valence-electron chi connectivity index (χ4n) is 2.40. The van der Waals surface area contributed by atoms with E-state index in [0.717, 1.165) is 22.8 Å². The van der Waals surface area contributed by atoms with E-state index in [0.29, 0.717) is 0 Å². The normalized spacial score (nSPS) is 11.7. The van der Waals surface area contributed by atoms with E-state index in [1.165, 1.54) is 6.07 Å². The van der Waals surface area contributed by atoms with Crippen molar-refractivity contribution in [3.05, 3.63) is 82.4 Å². The Morgan fingerprint density at radius 1 is 1.16 bits per heavy atom. The second kappa shape index (κ2) is 6.96. The zero-order valence-corrected chi connectivity index (χ0v) is 13.4. The highest BCUT2D eigenvalue weighted by Gasteiger charge is 2.19. The SMILES string of the molecule is C[C@@H](NC(=O)c1ccc([N+](=O)[O-])o1)c1ccc(-c2cccnc2)cc1. The predicted molar refractivity (Wildman–Crippen MR) is 90.9 cm³/mol. The van der Waals surface area contributed by atoms with Crippen LogP contribution in [0, 0.1) is 10.1 Å². The summed E-state index contributed by atoms with van der Waals surface area (Å²) in [5, 5.41) is 13.4. The molecule has 1 atom stereocenters. The summed E-state index contributed by atoms with van der Waals surface area (Å²) in [5.74, 6) is -1.05. The van der Waals surface area contributed by atoms with Crippen LogP contribution in [-0.2, 0) is 0 Å². The van der Waals surface area contributed by atoms with Crippen LogP contribution in [0.5, 0.6) is 0 Å². The molecular weight excluding hydrogens is 322 g/mol. The molecular formula is C18H15N3O4. The molecule has 0 radical (unpaired) electrons. The molecule has 0 bridgehead atoms. The quantitative estimate of drug-likeness (QED) is 0.565. The summed E-state index contributed by atoms with van der Waals surface area (Å²) in [7, 11) is 0. The first-order valence-electron chi connectivity index (χ1n) is 7.60.